The van der Waals surface area contributed by atoms with Crippen molar-refractivity contribution < 1.29 is 14.7 Å². The molecular formula is C9H12O3. The van der Waals surface area contributed by atoms with E-state index < -0.39 is 5.97 Å². The minimum absolute atomic E-state index is 0.127. The second kappa shape index (κ2) is 2.57. The van der Waals surface area contributed by atoms with Gasteiger partial charge in [-0.3, -0.25) is 9.59 Å². The number of carbonyl (C=O) groups is 2. The first-order valence-corrected chi connectivity index (χ1v) is 4.44. The van der Waals surface area contributed by atoms with Gasteiger partial charge in [-0.1, -0.05) is 0 Å². The van der Waals surface area contributed by atoms with Crippen LogP contribution in [-0.2, 0) is 9.59 Å². The average Bonchev–Trinajstić information content (AvgIpc) is 2.69. The molecule has 0 aliphatic heterocycles. The molecule has 0 spiro atoms. The van der Waals surface area contributed by atoms with Crippen LogP contribution in [0.2, 0.25) is 0 Å². The summed E-state index contributed by atoms with van der Waals surface area (Å²) in [6, 6.07) is 0. The molecule has 0 radical (unpaired) electrons. The van der Waals surface area contributed by atoms with E-state index in [-0.39, 0.29) is 5.92 Å². The lowest BCUT2D eigenvalue weighted by Crippen LogP contribution is -2.04. The summed E-state index contributed by atoms with van der Waals surface area (Å²) in [6.45, 7) is 0. The van der Waals surface area contributed by atoms with Gasteiger partial charge in [-0.25, -0.2) is 0 Å². The fourth-order valence-corrected chi connectivity index (χ4v) is 2.38. The first kappa shape index (κ1) is 7.77. The van der Waals surface area contributed by atoms with E-state index in [9.17, 15) is 9.59 Å². The maximum atomic E-state index is 11.0. The van der Waals surface area contributed by atoms with Crippen molar-refractivity contribution in [3.05, 3.63) is 0 Å². The molecule has 1 N–H and O–H groups in total. The Morgan fingerprint density at radius 1 is 1.25 bits per heavy atom. The van der Waals surface area contributed by atoms with Crippen LogP contribution in [0.3, 0.4) is 0 Å². The molecule has 2 fully saturated rings. The number of hydrogen-bond donors (Lipinski definition) is 1. The first-order valence-electron chi connectivity index (χ1n) is 4.44. The highest BCUT2D eigenvalue weighted by Gasteiger charge is 2.54. The van der Waals surface area contributed by atoms with Crippen molar-refractivity contribution in [1.29, 1.82) is 0 Å². The lowest BCUT2D eigenvalue weighted by Gasteiger charge is -1.96. The summed E-state index contributed by atoms with van der Waals surface area (Å²) >= 11 is 0. The summed E-state index contributed by atoms with van der Waals surface area (Å²) in [5.41, 5.74) is 0. The summed E-state index contributed by atoms with van der Waals surface area (Å²) in [7, 11) is 0. The Morgan fingerprint density at radius 2 is 1.75 bits per heavy atom. The van der Waals surface area contributed by atoms with E-state index in [1.165, 1.54) is 0 Å². The van der Waals surface area contributed by atoms with E-state index in [1.807, 2.05) is 0 Å². The summed E-state index contributed by atoms with van der Waals surface area (Å²) in [5.74, 6) is 0.145. The predicted molar refractivity (Wildman–Crippen MR) is 41.6 cm³/mol. The molecule has 2 rings (SSSR count). The number of carboxylic acid groups (broad SMARTS) is 1. The van der Waals surface area contributed by atoms with Gasteiger partial charge in [-0.05, 0) is 24.7 Å². The third-order valence-electron chi connectivity index (χ3n) is 3.13. The second-order valence-electron chi connectivity index (χ2n) is 3.81. The first-order chi connectivity index (χ1) is 5.70. The SMILES string of the molecule is O=C1CCC2C(CC1)C2C(=O)O. The van der Waals surface area contributed by atoms with Crippen LogP contribution in [-0.4, -0.2) is 16.9 Å². The predicted octanol–water partition coefficient (Wildman–Crippen LogP) is 1.08. The third kappa shape index (κ3) is 1.13. The standard InChI is InChI=1S/C9H12O3/c10-5-1-3-6-7(4-2-5)8(6)9(11)12/h6-8H,1-4H2,(H,11,12). The largest absolute Gasteiger partial charge is 0.481 e. The van der Waals surface area contributed by atoms with E-state index in [4.69, 9.17) is 5.11 Å². The molecule has 2 atom stereocenters. The van der Waals surface area contributed by atoms with Gasteiger partial charge >= 0.3 is 5.97 Å². The van der Waals surface area contributed by atoms with Gasteiger partial charge in [0.05, 0.1) is 5.92 Å². The molecule has 12 heavy (non-hydrogen) atoms. The molecule has 0 aromatic rings. The number of fused-ring (bicyclic) bond motifs is 1. The Balaban J connectivity index is 1.98. The van der Waals surface area contributed by atoms with Crippen molar-refractivity contribution in [3.8, 4) is 0 Å². The summed E-state index contributed by atoms with van der Waals surface area (Å²) in [5, 5.41) is 8.76. The molecule has 2 unspecified atom stereocenters. The Kier molecular flexibility index (Phi) is 1.67. The third-order valence-corrected chi connectivity index (χ3v) is 3.13. The van der Waals surface area contributed by atoms with Gasteiger partial charge < -0.3 is 5.11 Å². The average molecular weight is 168 g/mol. The van der Waals surface area contributed by atoms with Gasteiger partial charge in [-0.2, -0.15) is 0 Å². The zero-order chi connectivity index (χ0) is 8.72. The maximum absolute atomic E-state index is 11.0. The molecule has 66 valence electrons. The van der Waals surface area contributed by atoms with Crippen LogP contribution in [0.4, 0.5) is 0 Å². The minimum atomic E-state index is -0.667. The molecule has 0 aromatic heterocycles. The van der Waals surface area contributed by atoms with E-state index in [2.05, 4.69) is 0 Å². The Morgan fingerprint density at radius 3 is 2.17 bits per heavy atom. The molecular weight excluding hydrogens is 156 g/mol. The Hall–Kier alpha value is -0.860. The number of rotatable bonds is 1. The second-order valence-corrected chi connectivity index (χ2v) is 3.81. The van der Waals surface area contributed by atoms with Crippen molar-refractivity contribution in [2.24, 2.45) is 17.8 Å². The van der Waals surface area contributed by atoms with E-state index >= 15 is 0 Å². The zero-order valence-corrected chi connectivity index (χ0v) is 6.82. The highest BCUT2D eigenvalue weighted by molar-refractivity contribution is 5.80. The lowest BCUT2D eigenvalue weighted by atomic mass is 10.1. The van der Waals surface area contributed by atoms with Gasteiger partial charge in [0, 0.05) is 12.8 Å². The summed E-state index contributed by atoms with van der Waals surface area (Å²) < 4.78 is 0. The highest BCUT2D eigenvalue weighted by atomic mass is 16.4. The van der Waals surface area contributed by atoms with E-state index in [0.717, 1.165) is 12.8 Å². The number of ketones is 1. The molecule has 3 nitrogen and oxygen atoms in total. The Labute approximate surface area is 70.8 Å². The molecule has 2 aliphatic carbocycles. The van der Waals surface area contributed by atoms with Crippen LogP contribution in [0.15, 0.2) is 0 Å². The number of carbonyl (C=O) groups excluding carboxylic acids is 1. The smallest absolute Gasteiger partial charge is 0.307 e. The van der Waals surface area contributed by atoms with Crippen LogP contribution in [0.5, 0.6) is 0 Å². The van der Waals surface area contributed by atoms with Crippen molar-refractivity contribution in [2.75, 3.05) is 0 Å². The van der Waals surface area contributed by atoms with Crippen LogP contribution in [0, 0.1) is 17.8 Å². The quantitative estimate of drug-likeness (QED) is 0.637. The number of hydrogen-bond acceptors (Lipinski definition) is 2. The number of aliphatic carboxylic acids is 1. The molecule has 0 aromatic carbocycles. The molecule has 0 bridgehead atoms. The molecule has 3 heteroatoms. The summed E-state index contributed by atoms with van der Waals surface area (Å²) in [4.78, 5) is 21.6. The fraction of sp³-hybridized carbons (Fsp3) is 0.778. The van der Waals surface area contributed by atoms with E-state index in [0.29, 0.717) is 30.5 Å². The van der Waals surface area contributed by atoms with Crippen LogP contribution < -0.4 is 0 Å². The normalized spacial score (nSPS) is 40.0. The van der Waals surface area contributed by atoms with Crippen molar-refractivity contribution >= 4 is 11.8 Å². The van der Waals surface area contributed by atoms with Gasteiger partial charge in [-0.15, -0.1) is 0 Å². The minimum Gasteiger partial charge on any atom is -0.481 e. The van der Waals surface area contributed by atoms with Crippen LogP contribution in [0.25, 0.3) is 0 Å². The molecule has 0 saturated heterocycles. The maximum Gasteiger partial charge on any atom is 0.307 e. The van der Waals surface area contributed by atoms with E-state index in [1.54, 1.807) is 0 Å². The van der Waals surface area contributed by atoms with Gasteiger partial charge in [0.2, 0.25) is 0 Å². The van der Waals surface area contributed by atoms with Gasteiger partial charge in [0.1, 0.15) is 5.78 Å². The molecule has 0 heterocycles. The topological polar surface area (TPSA) is 54.4 Å². The summed E-state index contributed by atoms with van der Waals surface area (Å²) in [6.07, 6.45) is 2.82. The van der Waals surface area contributed by atoms with Crippen LogP contribution >= 0.6 is 0 Å². The zero-order valence-electron chi connectivity index (χ0n) is 6.82. The molecule has 2 saturated carbocycles. The van der Waals surface area contributed by atoms with Gasteiger partial charge in [0.15, 0.2) is 0 Å². The molecule has 0 amide bonds. The van der Waals surface area contributed by atoms with Gasteiger partial charge in [0.25, 0.3) is 0 Å². The fourth-order valence-electron chi connectivity index (χ4n) is 2.38. The Bertz CT molecular complexity index is 218. The van der Waals surface area contributed by atoms with Crippen molar-refractivity contribution in [1.82, 2.24) is 0 Å². The lowest BCUT2D eigenvalue weighted by molar-refractivity contribution is -0.139. The number of carboxylic acids is 1. The monoisotopic (exact) mass is 168 g/mol. The number of Topliss-reactive ketones (excluding diaryl/α,β-unsaturated/α-hetero) is 1. The van der Waals surface area contributed by atoms with Crippen molar-refractivity contribution in [2.45, 2.75) is 25.7 Å². The van der Waals surface area contributed by atoms with Crippen molar-refractivity contribution in [3.63, 3.8) is 0 Å². The van der Waals surface area contributed by atoms with Crippen LogP contribution in [0.1, 0.15) is 25.7 Å². The molecule has 2 aliphatic rings. The highest BCUT2D eigenvalue weighted by Crippen LogP contribution is 2.53.